The summed E-state index contributed by atoms with van der Waals surface area (Å²) in [5.74, 6) is 2.11. The molecule has 0 N–H and O–H groups in total. The molecule has 0 spiro atoms. The Bertz CT molecular complexity index is 3770. The van der Waals surface area contributed by atoms with Crippen molar-refractivity contribution in [3.8, 4) is 11.4 Å². The first kappa shape index (κ1) is 49.6. The third kappa shape index (κ3) is 8.65. The Labute approximate surface area is 456 Å². The molecule has 0 bridgehead atoms. The van der Waals surface area contributed by atoms with Crippen molar-refractivity contribution >= 4 is 82.6 Å². The molecular weight excluding hydrogens is 1100 g/mol. The van der Waals surface area contributed by atoms with Crippen LogP contribution in [0.25, 0.3) is 76.8 Å². The van der Waals surface area contributed by atoms with Gasteiger partial charge in [0.1, 0.15) is 5.84 Å². The summed E-state index contributed by atoms with van der Waals surface area (Å²) >= 11 is 0. The van der Waals surface area contributed by atoms with Crippen LogP contribution in [0.4, 0.5) is 11.4 Å². The quantitative estimate of drug-likeness (QED) is 0.107. The monoisotopic (exact) mass is 1160 g/mol. The maximum Gasteiger partial charge on any atom is 0.130 e. The maximum atomic E-state index is 5.77. The molecule has 9 aromatic carbocycles. The van der Waals surface area contributed by atoms with E-state index < -0.39 is 0 Å². The van der Waals surface area contributed by atoms with Gasteiger partial charge in [-0.25, -0.2) is 0 Å². The molecule has 0 saturated carbocycles. The van der Waals surface area contributed by atoms with Crippen molar-refractivity contribution in [2.24, 2.45) is 5.10 Å². The number of nitrogens with zero attached hydrogens (tertiary/aromatic N) is 6. The van der Waals surface area contributed by atoms with Crippen molar-refractivity contribution in [3.05, 3.63) is 235 Å². The van der Waals surface area contributed by atoms with E-state index in [1.165, 1.54) is 88.0 Å². The van der Waals surface area contributed by atoms with Crippen LogP contribution in [0, 0.1) is 6.67 Å². The average Bonchev–Trinajstić information content (AvgIpc) is 4.21. The zero-order valence-corrected chi connectivity index (χ0v) is 46.1. The zero-order chi connectivity index (χ0) is 50.8. The Balaban J connectivity index is 0.000000371. The standard InChI is InChI=1S/C56H54N5.C12H8N.Au/c1-35(2)42-23-17-24-43(36(3)4)54(42)58-34-59(55-44(37(5)6)25-18-26-45(55)38(7)8)57-56(58)39-31-40(60-50-27-13-9-19-46(50)47-20-10-14-28-51(47)60)33-41(32-39)61-52-29-15-11-21-48(52)49-22-12-16-30-53(49)61;1-3-7-11-9(5-1)10-6-2-4-8-12(10)13-11;/h9-38H,1-8H3;1-8H;/q2*-1;. The molecule has 0 amide bonds. The molecule has 0 saturated heterocycles. The van der Waals surface area contributed by atoms with E-state index >= 15 is 0 Å². The van der Waals surface area contributed by atoms with Gasteiger partial charge in [-0.1, -0.05) is 213 Å². The van der Waals surface area contributed by atoms with Gasteiger partial charge < -0.3 is 24.0 Å². The van der Waals surface area contributed by atoms with Crippen molar-refractivity contribution in [3.63, 3.8) is 0 Å². The maximum absolute atomic E-state index is 5.77. The fraction of sp³-hybridized carbons (Fsp3) is 0.176. The van der Waals surface area contributed by atoms with Gasteiger partial charge in [-0.2, -0.15) is 5.10 Å². The van der Waals surface area contributed by atoms with Crippen LogP contribution in [0.15, 0.2) is 205 Å². The molecule has 0 aliphatic carbocycles. The molecule has 377 valence electrons. The fourth-order valence-electron chi connectivity index (χ4n) is 11.5. The predicted molar refractivity (Wildman–Crippen MR) is 315 cm³/mol. The molecular formula is C68H62AuN6-2. The molecule has 12 aromatic rings. The van der Waals surface area contributed by atoms with Crippen LogP contribution in [0.2, 0.25) is 0 Å². The minimum absolute atomic E-state index is 0. The van der Waals surface area contributed by atoms with E-state index in [2.05, 4.69) is 274 Å². The van der Waals surface area contributed by atoms with Gasteiger partial charge >= 0.3 is 0 Å². The average molecular weight is 1160 g/mol. The SMILES string of the molecule is CC(C)c1cccc(C(C)C)c1N1[CH-]N(c2c(C(C)C)cccc2C(C)C)C(c2cc(-n3c4ccccc4c4ccccc43)cc(-n3c4ccccc4c4ccccc43)c2)=N1.[Au].c1ccc2c(c1)[n-]c1ccccc12. The van der Waals surface area contributed by atoms with E-state index in [4.69, 9.17) is 5.10 Å². The summed E-state index contributed by atoms with van der Waals surface area (Å²) in [6.07, 6.45) is 0. The molecule has 4 heterocycles. The van der Waals surface area contributed by atoms with E-state index in [-0.39, 0.29) is 22.4 Å². The molecule has 1 aliphatic heterocycles. The zero-order valence-electron chi connectivity index (χ0n) is 43.9. The van der Waals surface area contributed by atoms with Crippen molar-refractivity contribution in [1.29, 1.82) is 0 Å². The summed E-state index contributed by atoms with van der Waals surface area (Å²) in [6.45, 7) is 20.7. The predicted octanol–water partition coefficient (Wildman–Crippen LogP) is 18.1. The number of hydrogen-bond acceptors (Lipinski definition) is 3. The molecule has 7 heteroatoms. The van der Waals surface area contributed by atoms with Gasteiger partial charge in [0.2, 0.25) is 0 Å². The molecule has 6 nitrogen and oxygen atoms in total. The van der Waals surface area contributed by atoms with Gasteiger partial charge in [0.15, 0.2) is 0 Å². The Morgan fingerprint density at radius 2 is 0.707 bits per heavy atom. The van der Waals surface area contributed by atoms with Crippen LogP contribution in [0.1, 0.15) is 107 Å². The van der Waals surface area contributed by atoms with E-state index in [0.29, 0.717) is 23.7 Å². The molecule has 0 fully saturated rings. The van der Waals surface area contributed by atoms with E-state index in [1.54, 1.807) is 0 Å². The number of benzene rings is 9. The van der Waals surface area contributed by atoms with E-state index in [9.17, 15) is 0 Å². The summed E-state index contributed by atoms with van der Waals surface area (Å²) in [7, 11) is 0. The van der Waals surface area contributed by atoms with Gasteiger partial charge in [-0.3, -0.25) is 0 Å². The van der Waals surface area contributed by atoms with Crippen LogP contribution in [0.5, 0.6) is 0 Å². The molecule has 0 unspecified atom stereocenters. The second kappa shape index (κ2) is 20.3. The summed E-state index contributed by atoms with van der Waals surface area (Å²) in [4.78, 5) is 6.92. The Morgan fingerprint density at radius 1 is 0.373 bits per heavy atom. The minimum atomic E-state index is 0. The van der Waals surface area contributed by atoms with E-state index in [0.717, 1.165) is 33.8 Å². The Morgan fingerprint density at radius 3 is 1.08 bits per heavy atom. The minimum Gasteiger partial charge on any atom is -0.657 e. The van der Waals surface area contributed by atoms with Crippen molar-refractivity contribution in [2.45, 2.75) is 79.1 Å². The number of hydrogen-bond donors (Lipinski definition) is 0. The number of hydrazone groups is 1. The van der Waals surface area contributed by atoms with Crippen molar-refractivity contribution in [1.82, 2.24) is 14.1 Å². The molecule has 0 atom stereocenters. The second-order valence-corrected chi connectivity index (χ2v) is 21.1. The van der Waals surface area contributed by atoms with Gasteiger partial charge in [0.25, 0.3) is 0 Å². The molecule has 3 aromatic heterocycles. The van der Waals surface area contributed by atoms with Gasteiger partial charge in [0.05, 0.1) is 22.1 Å². The molecule has 1 aliphatic rings. The van der Waals surface area contributed by atoms with Crippen LogP contribution in [-0.4, -0.2) is 15.0 Å². The number of amidine groups is 1. The topological polar surface area (TPSA) is 42.8 Å². The van der Waals surface area contributed by atoms with Crippen LogP contribution in [0.3, 0.4) is 0 Å². The number of anilines is 2. The number of aromatic nitrogens is 3. The third-order valence-electron chi connectivity index (χ3n) is 15.0. The summed E-state index contributed by atoms with van der Waals surface area (Å²) < 4.78 is 4.89. The Kier molecular flexibility index (Phi) is 13.4. The van der Waals surface area contributed by atoms with Gasteiger partial charge in [0, 0.05) is 72.2 Å². The first-order valence-electron chi connectivity index (χ1n) is 26.4. The van der Waals surface area contributed by atoms with Crippen LogP contribution >= 0.6 is 0 Å². The summed E-state index contributed by atoms with van der Waals surface area (Å²) in [5, 5.41) is 15.4. The largest absolute Gasteiger partial charge is 0.657 e. The molecule has 1 radical (unpaired) electrons. The summed E-state index contributed by atoms with van der Waals surface area (Å²) in [5.41, 5.74) is 17.6. The smallest absolute Gasteiger partial charge is 0.130 e. The summed E-state index contributed by atoms with van der Waals surface area (Å²) in [6, 6.07) is 72.4. The third-order valence-corrected chi connectivity index (χ3v) is 15.0. The fourth-order valence-corrected chi connectivity index (χ4v) is 11.5. The number of para-hydroxylation sites is 8. The van der Waals surface area contributed by atoms with Crippen molar-refractivity contribution < 1.29 is 22.4 Å². The van der Waals surface area contributed by atoms with E-state index in [1.807, 2.05) is 12.1 Å². The second-order valence-electron chi connectivity index (χ2n) is 21.1. The first-order chi connectivity index (χ1) is 36.0. The number of fused-ring (bicyclic) bond motifs is 9. The normalized spacial score (nSPS) is 12.9. The van der Waals surface area contributed by atoms with Crippen LogP contribution < -0.4 is 14.9 Å². The molecule has 13 rings (SSSR count). The Hall–Kier alpha value is -7.61. The van der Waals surface area contributed by atoms with Crippen LogP contribution in [-0.2, 0) is 22.4 Å². The number of rotatable bonds is 9. The molecule has 75 heavy (non-hydrogen) atoms. The van der Waals surface area contributed by atoms with Gasteiger partial charge in [-0.05, 0) is 99.2 Å². The van der Waals surface area contributed by atoms with Gasteiger partial charge in [-0.15, -0.1) is 17.7 Å². The van der Waals surface area contributed by atoms with Crippen molar-refractivity contribution in [2.75, 3.05) is 9.91 Å². The first-order valence-corrected chi connectivity index (χ1v) is 26.4.